The summed E-state index contributed by atoms with van der Waals surface area (Å²) in [7, 11) is 0. The number of hydrogen-bond acceptors (Lipinski definition) is 3. The summed E-state index contributed by atoms with van der Waals surface area (Å²) in [5.74, 6) is 0.00254. The van der Waals surface area contributed by atoms with Crippen molar-refractivity contribution in [2.45, 2.75) is 13.3 Å². The van der Waals surface area contributed by atoms with Crippen molar-refractivity contribution >= 4 is 22.4 Å². The Labute approximate surface area is 125 Å². The number of rotatable bonds is 7. The van der Waals surface area contributed by atoms with Gasteiger partial charge in [-0.2, -0.15) is 0 Å². The molecule has 0 atom stereocenters. The Bertz CT molecular complexity index is 593. The van der Waals surface area contributed by atoms with Gasteiger partial charge in [-0.15, -0.1) is 0 Å². The van der Waals surface area contributed by atoms with E-state index in [0.29, 0.717) is 19.5 Å². The van der Waals surface area contributed by atoms with E-state index in [-0.39, 0.29) is 12.5 Å². The molecule has 4 heteroatoms. The van der Waals surface area contributed by atoms with Crippen LogP contribution in [0.25, 0.3) is 10.8 Å². The third-order valence-electron chi connectivity index (χ3n) is 3.58. The molecule has 0 saturated carbocycles. The van der Waals surface area contributed by atoms with E-state index in [9.17, 15) is 4.79 Å². The summed E-state index contributed by atoms with van der Waals surface area (Å²) >= 11 is 0. The first-order valence-corrected chi connectivity index (χ1v) is 7.35. The van der Waals surface area contributed by atoms with Gasteiger partial charge < -0.3 is 15.3 Å². The number of nitrogens with zero attached hydrogens (tertiary/aromatic N) is 1. The maximum absolute atomic E-state index is 12.1. The predicted octanol–water partition coefficient (Wildman–Crippen LogP) is 2.48. The van der Waals surface area contributed by atoms with E-state index in [2.05, 4.69) is 10.2 Å². The number of benzene rings is 2. The fraction of sp³-hybridized carbons (Fsp3) is 0.353. The van der Waals surface area contributed by atoms with Crippen LogP contribution in [0, 0.1) is 0 Å². The van der Waals surface area contributed by atoms with Gasteiger partial charge in [0, 0.05) is 30.6 Å². The highest BCUT2D eigenvalue weighted by Gasteiger charge is 2.08. The van der Waals surface area contributed by atoms with Gasteiger partial charge in [0.2, 0.25) is 5.91 Å². The van der Waals surface area contributed by atoms with Crippen LogP contribution in [-0.2, 0) is 4.79 Å². The summed E-state index contributed by atoms with van der Waals surface area (Å²) in [4.78, 5) is 14.1. The minimum absolute atomic E-state index is 0.00254. The maximum atomic E-state index is 12.1. The van der Waals surface area contributed by atoms with Gasteiger partial charge in [-0.1, -0.05) is 43.3 Å². The number of fused-ring (bicyclic) bond motifs is 1. The third kappa shape index (κ3) is 4.28. The minimum atomic E-state index is 0.00254. The second kappa shape index (κ2) is 7.76. The van der Waals surface area contributed by atoms with Crippen molar-refractivity contribution in [3.05, 3.63) is 42.5 Å². The lowest BCUT2D eigenvalue weighted by Crippen LogP contribution is -2.30. The molecule has 0 bridgehead atoms. The summed E-state index contributed by atoms with van der Waals surface area (Å²) in [6, 6.07) is 13.9. The van der Waals surface area contributed by atoms with Gasteiger partial charge in [0.15, 0.2) is 0 Å². The van der Waals surface area contributed by atoms with E-state index >= 15 is 0 Å². The average molecular weight is 286 g/mol. The van der Waals surface area contributed by atoms with Crippen LogP contribution in [0.2, 0.25) is 0 Å². The molecule has 2 aromatic rings. The van der Waals surface area contributed by atoms with E-state index in [1.165, 1.54) is 0 Å². The summed E-state index contributed by atoms with van der Waals surface area (Å²) in [5, 5.41) is 14.1. The van der Waals surface area contributed by atoms with Gasteiger partial charge in [-0.25, -0.2) is 0 Å². The van der Waals surface area contributed by atoms with Crippen molar-refractivity contribution in [3.8, 4) is 0 Å². The topological polar surface area (TPSA) is 52.6 Å². The highest BCUT2D eigenvalue weighted by atomic mass is 16.3. The summed E-state index contributed by atoms with van der Waals surface area (Å²) in [6.07, 6.45) is 0.428. The summed E-state index contributed by atoms with van der Waals surface area (Å²) in [6.45, 7) is 4.25. The summed E-state index contributed by atoms with van der Waals surface area (Å²) in [5.41, 5.74) is 0.850. The van der Waals surface area contributed by atoms with Crippen molar-refractivity contribution in [3.63, 3.8) is 0 Å². The van der Waals surface area contributed by atoms with Crippen molar-refractivity contribution in [2.75, 3.05) is 31.6 Å². The van der Waals surface area contributed by atoms with Crippen LogP contribution in [0.3, 0.4) is 0 Å². The zero-order valence-electron chi connectivity index (χ0n) is 12.4. The molecule has 0 saturated heterocycles. The second-order valence-corrected chi connectivity index (χ2v) is 4.98. The number of aliphatic hydroxyl groups is 1. The van der Waals surface area contributed by atoms with Gasteiger partial charge >= 0.3 is 0 Å². The Morgan fingerprint density at radius 3 is 2.67 bits per heavy atom. The van der Waals surface area contributed by atoms with Crippen LogP contribution in [0.4, 0.5) is 5.69 Å². The molecule has 2 N–H and O–H groups in total. The first-order chi connectivity index (χ1) is 10.2. The molecule has 0 aliphatic rings. The van der Waals surface area contributed by atoms with E-state index in [4.69, 9.17) is 5.11 Å². The number of carbonyl (C=O) groups is 1. The number of aliphatic hydroxyl groups excluding tert-OH is 1. The number of nitrogens with one attached hydrogen (secondary N) is 1. The zero-order valence-corrected chi connectivity index (χ0v) is 12.4. The van der Waals surface area contributed by atoms with E-state index in [1.54, 1.807) is 0 Å². The molecule has 2 rings (SSSR count). The highest BCUT2D eigenvalue weighted by Crippen LogP contribution is 2.22. The van der Waals surface area contributed by atoms with E-state index < -0.39 is 0 Å². The molecule has 0 unspecified atom stereocenters. The molecule has 0 radical (unpaired) electrons. The van der Waals surface area contributed by atoms with Gasteiger partial charge in [0.05, 0.1) is 6.61 Å². The van der Waals surface area contributed by atoms with Crippen molar-refractivity contribution < 1.29 is 9.90 Å². The molecule has 112 valence electrons. The van der Waals surface area contributed by atoms with Crippen molar-refractivity contribution in [1.29, 1.82) is 0 Å². The van der Waals surface area contributed by atoms with Crippen molar-refractivity contribution in [2.24, 2.45) is 0 Å². The largest absolute Gasteiger partial charge is 0.395 e. The van der Waals surface area contributed by atoms with Crippen LogP contribution in [-0.4, -0.2) is 42.2 Å². The number of carbonyl (C=O) groups excluding carboxylic acids is 1. The van der Waals surface area contributed by atoms with Crippen LogP contribution >= 0.6 is 0 Å². The third-order valence-corrected chi connectivity index (χ3v) is 3.58. The maximum Gasteiger partial charge on any atom is 0.225 e. The Morgan fingerprint density at radius 1 is 1.14 bits per heavy atom. The molecule has 0 aliphatic carbocycles. The fourth-order valence-corrected chi connectivity index (χ4v) is 2.38. The Hall–Kier alpha value is -1.91. The van der Waals surface area contributed by atoms with Crippen molar-refractivity contribution in [1.82, 2.24) is 4.90 Å². The Morgan fingerprint density at radius 2 is 1.90 bits per heavy atom. The number of likely N-dealkylation sites (N-methyl/N-ethyl adjacent to an activating group) is 1. The quantitative estimate of drug-likeness (QED) is 0.822. The first kappa shape index (κ1) is 15.5. The smallest absolute Gasteiger partial charge is 0.225 e. The normalized spacial score (nSPS) is 11.0. The number of hydrogen-bond donors (Lipinski definition) is 2. The number of amides is 1. The standard InChI is InChI=1S/C17H22N2O2/c1-2-19(12-13-20)11-10-17(21)18-16-9-5-7-14-6-3-4-8-15(14)16/h3-9,20H,2,10-13H2,1H3,(H,18,21). The molecule has 0 aromatic heterocycles. The average Bonchev–Trinajstić information content (AvgIpc) is 2.52. The van der Waals surface area contributed by atoms with Crippen LogP contribution in [0.15, 0.2) is 42.5 Å². The second-order valence-electron chi connectivity index (χ2n) is 4.98. The minimum Gasteiger partial charge on any atom is -0.395 e. The molecule has 2 aromatic carbocycles. The lowest BCUT2D eigenvalue weighted by molar-refractivity contribution is -0.116. The predicted molar refractivity (Wildman–Crippen MR) is 86.4 cm³/mol. The van der Waals surface area contributed by atoms with Gasteiger partial charge in [0.25, 0.3) is 0 Å². The molecule has 0 heterocycles. The molecule has 0 aliphatic heterocycles. The van der Waals surface area contributed by atoms with Gasteiger partial charge in [0.1, 0.15) is 0 Å². The lowest BCUT2D eigenvalue weighted by atomic mass is 10.1. The van der Waals surface area contributed by atoms with Gasteiger partial charge in [-0.05, 0) is 18.0 Å². The molecule has 1 amide bonds. The molecular weight excluding hydrogens is 264 g/mol. The molecule has 21 heavy (non-hydrogen) atoms. The van der Waals surface area contributed by atoms with E-state index in [1.807, 2.05) is 49.4 Å². The SMILES string of the molecule is CCN(CCO)CCC(=O)Nc1cccc2ccccc12. The molecule has 0 spiro atoms. The zero-order chi connectivity index (χ0) is 15.1. The van der Waals surface area contributed by atoms with Crippen LogP contribution < -0.4 is 5.32 Å². The van der Waals surface area contributed by atoms with Crippen LogP contribution in [0.5, 0.6) is 0 Å². The molecular formula is C17H22N2O2. The van der Waals surface area contributed by atoms with Crippen LogP contribution in [0.1, 0.15) is 13.3 Å². The summed E-state index contributed by atoms with van der Waals surface area (Å²) < 4.78 is 0. The lowest BCUT2D eigenvalue weighted by Gasteiger charge is -2.18. The highest BCUT2D eigenvalue weighted by molar-refractivity contribution is 6.02. The van der Waals surface area contributed by atoms with Gasteiger partial charge in [-0.3, -0.25) is 4.79 Å². The Kier molecular flexibility index (Phi) is 5.72. The first-order valence-electron chi connectivity index (χ1n) is 7.35. The monoisotopic (exact) mass is 286 g/mol. The molecule has 4 nitrogen and oxygen atoms in total. The Balaban J connectivity index is 1.98. The fourth-order valence-electron chi connectivity index (χ4n) is 2.38. The van der Waals surface area contributed by atoms with E-state index in [0.717, 1.165) is 23.0 Å². The number of anilines is 1. The molecule has 0 fully saturated rings.